The van der Waals surface area contributed by atoms with E-state index in [1.54, 1.807) is 7.05 Å². The first-order valence-corrected chi connectivity index (χ1v) is 11.7. The fourth-order valence-electron chi connectivity index (χ4n) is 5.54. The lowest BCUT2D eigenvalue weighted by Gasteiger charge is -2.58. The van der Waals surface area contributed by atoms with Crippen LogP contribution >= 0.6 is 11.3 Å². The maximum atomic E-state index is 13.0. The predicted octanol–water partition coefficient (Wildman–Crippen LogP) is 1.63. The molecule has 176 valence electrons. The molecule has 1 fully saturated rings. The van der Waals surface area contributed by atoms with E-state index in [2.05, 4.69) is 18.2 Å². The van der Waals surface area contributed by atoms with Crippen LogP contribution in [-0.4, -0.2) is 71.9 Å². The molecule has 0 radical (unpaired) electrons. The topological polar surface area (TPSA) is 112 Å². The van der Waals surface area contributed by atoms with Gasteiger partial charge in [-0.15, -0.1) is 17.8 Å². The number of carbonyl (C=O) groups is 2. The number of terminal acetylenes is 1. The minimum Gasteiger partial charge on any atom is -0.396 e. The van der Waals surface area contributed by atoms with Crippen molar-refractivity contribution in [3.05, 3.63) is 10.6 Å². The molecule has 32 heavy (non-hydrogen) atoms. The van der Waals surface area contributed by atoms with Crippen LogP contribution < -0.4 is 5.32 Å². The van der Waals surface area contributed by atoms with Gasteiger partial charge in [0.25, 0.3) is 5.91 Å². The van der Waals surface area contributed by atoms with E-state index in [0.29, 0.717) is 24.4 Å². The maximum Gasteiger partial charge on any atom is 0.252 e. The average Bonchev–Trinajstić information content (AvgIpc) is 3.14. The molecule has 1 heterocycles. The number of methoxy groups -OCH3 is 1. The van der Waals surface area contributed by atoms with E-state index < -0.39 is 11.5 Å². The van der Waals surface area contributed by atoms with Crippen molar-refractivity contribution in [2.75, 3.05) is 39.2 Å². The quantitative estimate of drug-likeness (QED) is 0.530. The van der Waals surface area contributed by atoms with E-state index in [0.717, 1.165) is 10.6 Å². The van der Waals surface area contributed by atoms with Crippen molar-refractivity contribution in [1.29, 1.82) is 0 Å². The molecular weight excluding hydrogens is 430 g/mol. The second-order valence-corrected chi connectivity index (χ2v) is 10.6. The van der Waals surface area contributed by atoms with Crippen molar-refractivity contribution >= 4 is 28.3 Å². The Kier molecular flexibility index (Phi) is 7.30. The minimum absolute atomic E-state index is 0.0463. The molecule has 5 atom stereocenters. The highest BCUT2D eigenvalue weighted by Crippen LogP contribution is 2.62. The van der Waals surface area contributed by atoms with Crippen LogP contribution in [0.25, 0.3) is 0 Å². The minimum atomic E-state index is -0.694. The largest absolute Gasteiger partial charge is 0.396 e. The third kappa shape index (κ3) is 4.29. The number of fused-ring (bicyclic) bond motifs is 2. The molecule has 0 bridgehead atoms. The molecule has 0 unspecified atom stereocenters. The molecule has 8 nitrogen and oxygen atoms in total. The number of nitrogens with zero attached hydrogens (tertiary/aromatic N) is 2. The normalized spacial score (nSPS) is 31.2. The smallest absolute Gasteiger partial charge is 0.252 e. The summed E-state index contributed by atoms with van der Waals surface area (Å²) in [6.45, 7) is 4.08. The number of aromatic nitrogens is 1. The fourth-order valence-corrected chi connectivity index (χ4v) is 6.63. The third-order valence-corrected chi connectivity index (χ3v) is 8.56. The van der Waals surface area contributed by atoms with Crippen molar-refractivity contribution in [2.45, 2.75) is 51.6 Å². The number of nitrogens with one attached hydrogen (secondary N) is 1. The molecule has 0 saturated heterocycles. The van der Waals surface area contributed by atoms with Crippen molar-refractivity contribution in [3.8, 4) is 12.3 Å². The van der Waals surface area contributed by atoms with E-state index in [9.17, 15) is 19.8 Å². The van der Waals surface area contributed by atoms with Gasteiger partial charge in [-0.05, 0) is 30.6 Å². The summed E-state index contributed by atoms with van der Waals surface area (Å²) in [5.41, 5.74) is -0.223. The van der Waals surface area contributed by atoms with Crippen LogP contribution in [0, 0.1) is 29.1 Å². The Morgan fingerprint density at radius 3 is 2.78 bits per heavy atom. The Bertz CT molecular complexity index is 912. The summed E-state index contributed by atoms with van der Waals surface area (Å²) in [6.07, 6.45) is 6.89. The zero-order valence-electron chi connectivity index (χ0n) is 19.2. The third-order valence-electron chi connectivity index (χ3n) is 7.55. The number of rotatable bonds is 7. The molecular formula is C23H33N3O5S. The lowest BCUT2D eigenvalue weighted by atomic mass is 9.47. The number of aliphatic hydroxyl groups excluding tert-OH is 2. The van der Waals surface area contributed by atoms with Crippen molar-refractivity contribution in [1.82, 2.24) is 9.88 Å². The summed E-state index contributed by atoms with van der Waals surface area (Å²) in [7, 11) is 3.14. The van der Waals surface area contributed by atoms with E-state index in [4.69, 9.17) is 16.1 Å². The Balaban J connectivity index is 2.04. The zero-order valence-corrected chi connectivity index (χ0v) is 20.0. The zero-order chi connectivity index (χ0) is 23.7. The van der Waals surface area contributed by atoms with Gasteiger partial charge in [0, 0.05) is 36.8 Å². The molecule has 0 aliphatic heterocycles. The second kappa shape index (κ2) is 9.48. The van der Waals surface area contributed by atoms with Gasteiger partial charge in [-0.3, -0.25) is 14.9 Å². The van der Waals surface area contributed by atoms with Gasteiger partial charge in [0.05, 0.1) is 24.9 Å². The molecule has 3 rings (SSSR count). The first-order valence-electron chi connectivity index (χ1n) is 10.9. The number of aliphatic hydroxyl groups is 2. The molecule has 0 spiro atoms. The van der Waals surface area contributed by atoms with Gasteiger partial charge in [0.2, 0.25) is 5.91 Å². The summed E-state index contributed by atoms with van der Waals surface area (Å²) in [5, 5.41) is 24.3. The highest BCUT2D eigenvalue weighted by atomic mass is 32.1. The van der Waals surface area contributed by atoms with Gasteiger partial charge in [-0.1, -0.05) is 19.8 Å². The standard InChI is InChI=1S/C23H33N3O5S/c1-6-9-26(4)19(30)10-14-20-15(32-21(25-20)24-18(29)12-31-5)11-16-22(14,2)8-7-17(28)23(16,3)13-27/h1,14,16-17,27-28H,7-13H2,2-5H3,(H,24,25,29)/t14-,16+,17-,22+,23+/m1/s1. The molecule has 2 aliphatic rings. The molecule has 0 aromatic carbocycles. The lowest BCUT2D eigenvalue weighted by Crippen LogP contribution is -2.57. The van der Waals surface area contributed by atoms with Crippen LogP contribution in [0.1, 0.15) is 49.6 Å². The van der Waals surface area contributed by atoms with Gasteiger partial charge >= 0.3 is 0 Å². The Hall–Kier alpha value is -1.99. The lowest BCUT2D eigenvalue weighted by molar-refractivity contribution is -0.146. The van der Waals surface area contributed by atoms with E-state index in [1.807, 2.05) is 6.92 Å². The summed E-state index contributed by atoms with van der Waals surface area (Å²) in [6, 6.07) is 0. The Morgan fingerprint density at radius 2 is 2.16 bits per heavy atom. The molecule has 3 N–H and O–H groups in total. The number of hydrogen-bond donors (Lipinski definition) is 3. The number of anilines is 1. The highest BCUT2D eigenvalue weighted by Gasteiger charge is 2.59. The first-order chi connectivity index (χ1) is 15.1. The molecule has 2 amide bonds. The van der Waals surface area contributed by atoms with Gasteiger partial charge in [0.1, 0.15) is 6.61 Å². The second-order valence-electron chi connectivity index (χ2n) is 9.50. The van der Waals surface area contributed by atoms with Gasteiger partial charge in [0.15, 0.2) is 5.13 Å². The first kappa shape index (κ1) is 24.6. The number of ether oxygens (including phenoxy) is 1. The average molecular weight is 464 g/mol. The SMILES string of the molecule is C#CCN(C)C(=O)C[C@@H]1c2nc(NC(=O)COC)sc2C[C@@H]2[C@](C)(CO)[C@H](O)CC[C@]21C. The van der Waals surface area contributed by atoms with E-state index >= 15 is 0 Å². The highest BCUT2D eigenvalue weighted by molar-refractivity contribution is 7.15. The Morgan fingerprint density at radius 1 is 1.44 bits per heavy atom. The molecule has 2 aliphatic carbocycles. The molecule has 1 saturated carbocycles. The van der Waals surface area contributed by atoms with E-state index in [1.165, 1.54) is 23.3 Å². The van der Waals surface area contributed by atoms with Crippen molar-refractivity contribution in [3.63, 3.8) is 0 Å². The van der Waals surface area contributed by atoms with Crippen LogP contribution in [0.3, 0.4) is 0 Å². The number of thiazole rings is 1. The fraction of sp³-hybridized carbons (Fsp3) is 0.696. The van der Waals surface area contributed by atoms with Crippen LogP contribution in [0.15, 0.2) is 0 Å². The van der Waals surface area contributed by atoms with Gasteiger partial charge < -0.3 is 19.8 Å². The van der Waals surface area contributed by atoms with Gasteiger partial charge in [-0.2, -0.15) is 0 Å². The maximum absolute atomic E-state index is 13.0. The van der Waals surface area contributed by atoms with Crippen LogP contribution in [0.4, 0.5) is 5.13 Å². The number of hydrogen-bond acceptors (Lipinski definition) is 7. The Labute approximate surface area is 193 Å². The van der Waals surface area contributed by atoms with Crippen LogP contribution in [-0.2, 0) is 20.7 Å². The summed E-state index contributed by atoms with van der Waals surface area (Å²) < 4.78 is 4.89. The summed E-state index contributed by atoms with van der Waals surface area (Å²) in [5.74, 6) is 1.87. The van der Waals surface area contributed by atoms with Gasteiger partial charge in [-0.25, -0.2) is 4.98 Å². The van der Waals surface area contributed by atoms with E-state index in [-0.39, 0.29) is 55.2 Å². The van der Waals surface area contributed by atoms with Crippen LogP contribution in [0.2, 0.25) is 0 Å². The monoisotopic (exact) mass is 463 g/mol. The summed E-state index contributed by atoms with van der Waals surface area (Å²) >= 11 is 1.39. The van der Waals surface area contributed by atoms with Crippen molar-refractivity contribution < 1.29 is 24.5 Å². The van der Waals surface area contributed by atoms with Crippen LogP contribution in [0.5, 0.6) is 0 Å². The molecule has 1 aromatic rings. The summed E-state index contributed by atoms with van der Waals surface area (Å²) in [4.78, 5) is 32.3. The number of carbonyl (C=O) groups excluding carboxylic acids is 2. The predicted molar refractivity (Wildman–Crippen MR) is 122 cm³/mol. The van der Waals surface area contributed by atoms with Crippen molar-refractivity contribution in [2.24, 2.45) is 16.7 Å². The number of amides is 2. The molecule has 9 heteroatoms. The molecule has 1 aromatic heterocycles.